The van der Waals surface area contributed by atoms with E-state index in [0.29, 0.717) is 25.7 Å². The summed E-state index contributed by atoms with van der Waals surface area (Å²) in [5.74, 6) is 0.221. The highest BCUT2D eigenvalue weighted by atomic mass is 31.2. The third kappa shape index (κ3) is 70.5. The maximum atomic E-state index is 13.1. The minimum absolute atomic E-state index is 0.104. The number of rotatable bonds is 75. The van der Waals surface area contributed by atoms with Gasteiger partial charge in [0.2, 0.25) is 0 Å². The molecule has 0 saturated carbocycles. The van der Waals surface area contributed by atoms with Crippen LogP contribution in [0.15, 0.2) is 0 Å². The lowest BCUT2D eigenvalue weighted by atomic mass is 10.0. The minimum atomic E-state index is -4.96. The first-order chi connectivity index (χ1) is 46.2. The summed E-state index contributed by atoms with van der Waals surface area (Å²) in [5, 5.41) is 10.6. The van der Waals surface area contributed by atoms with Crippen molar-refractivity contribution in [2.24, 2.45) is 17.8 Å². The van der Waals surface area contributed by atoms with Crippen LogP contribution in [0, 0.1) is 17.8 Å². The molecule has 0 aromatic carbocycles. The number of phosphoric acid groups is 2. The number of phosphoric ester groups is 2. The van der Waals surface area contributed by atoms with Crippen molar-refractivity contribution in [2.45, 2.75) is 414 Å². The molecule has 0 amide bonds. The van der Waals surface area contributed by atoms with Crippen molar-refractivity contribution in [3.05, 3.63) is 0 Å². The van der Waals surface area contributed by atoms with Gasteiger partial charge in [-0.2, -0.15) is 0 Å². The maximum Gasteiger partial charge on any atom is 0.472 e. The molecule has 5 atom stereocenters. The smallest absolute Gasteiger partial charge is 0.462 e. The molecule has 0 heterocycles. The lowest BCUT2D eigenvalue weighted by Crippen LogP contribution is -2.30. The van der Waals surface area contributed by atoms with Crippen LogP contribution in [0.2, 0.25) is 0 Å². The molecule has 0 aliphatic heterocycles. The van der Waals surface area contributed by atoms with E-state index in [1.54, 1.807) is 0 Å². The van der Waals surface area contributed by atoms with Crippen LogP contribution in [-0.2, 0) is 65.4 Å². The molecule has 0 fully saturated rings. The molecule has 0 aliphatic carbocycles. The van der Waals surface area contributed by atoms with E-state index in [1.807, 2.05) is 0 Å². The fraction of sp³-hybridized carbons (Fsp3) is 0.948. The summed E-state index contributed by atoms with van der Waals surface area (Å²) in [6.45, 7) is 11.8. The molecular weight excluding hydrogens is 1260 g/mol. The van der Waals surface area contributed by atoms with Gasteiger partial charge < -0.3 is 33.8 Å². The SMILES string of the molecule is CCCCCCCC(=O)OC[C@H](COP(=O)(O)OC[C@H](O)COP(=O)(O)OC[C@@H](COC(=O)CCCCCCCCCCCCCCCCCCC(C)C)OC(=O)CCCCCCCCCCCCCCCCCCCCC(C)C)OC(=O)CCCCCCCCCCC(C)C. The van der Waals surface area contributed by atoms with Crippen LogP contribution in [0.3, 0.4) is 0 Å². The minimum Gasteiger partial charge on any atom is -0.462 e. The Hall–Kier alpha value is -1.94. The van der Waals surface area contributed by atoms with Crippen molar-refractivity contribution in [1.82, 2.24) is 0 Å². The summed E-state index contributed by atoms with van der Waals surface area (Å²) < 4.78 is 68.3. The number of aliphatic hydroxyl groups is 1. The number of hydrogen-bond donors (Lipinski definition) is 3. The first-order valence-electron chi connectivity index (χ1n) is 39.8. The van der Waals surface area contributed by atoms with Gasteiger partial charge in [-0.05, 0) is 43.4 Å². The quantitative estimate of drug-likeness (QED) is 0.0222. The number of carbonyl (C=O) groups is 4. The Morgan fingerprint density at radius 2 is 0.479 bits per heavy atom. The van der Waals surface area contributed by atoms with E-state index < -0.39 is 97.5 Å². The van der Waals surface area contributed by atoms with Gasteiger partial charge in [-0.1, -0.05) is 344 Å². The standard InChI is InChI=1S/C77H150O17P2/c1-8-9-10-41-51-58-74(79)87-64-72(93-77(82)61-54-47-40-34-33-37-44-50-57-70(6)7)66-91-95(83,84)89-62-71(78)63-90-96(85,86)92-67-73(65-88-75(80)59-52-45-38-31-27-23-19-16-15-18-22-26-30-36-43-49-56-69(4)5)94-76(81)60-53-46-39-32-28-24-20-14-12-11-13-17-21-25-29-35-42-48-55-68(2)3/h68-73,78H,8-67H2,1-7H3,(H,83,84)(H,85,86)/t71-,72+,73+/m0/s1. The summed E-state index contributed by atoms with van der Waals surface area (Å²) in [7, 11) is -9.90. The number of aliphatic hydroxyl groups excluding tert-OH is 1. The van der Waals surface area contributed by atoms with Gasteiger partial charge in [0, 0.05) is 25.7 Å². The fourth-order valence-electron chi connectivity index (χ4n) is 11.8. The van der Waals surface area contributed by atoms with E-state index in [2.05, 4.69) is 48.5 Å². The van der Waals surface area contributed by atoms with Crippen molar-refractivity contribution < 1.29 is 80.2 Å². The Balaban J connectivity index is 5.11. The largest absolute Gasteiger partial charge is 0.472 e. The van der Waals surface area contributed by atoms with Gasteiger partial charge in [0.25, 0.3) is 0 Å². The third-order valence-corrected chi connectivity index (χ3v) is 19.8. The van der Waals surface area contributed by atoms with Crippen molar-refractivity contribution >= 4 is 39.5 Å². The molecule has 0 spiro atoms. The molecule has 570 valence electrons. The van der Waals surface area contributed by atoms with Crippen molar-refractivity contribution in [3.8, 4) is 0 Å². The highest BCUT2D eigenvalue weighted by Crippen LogP contribution is 2.45. The highest BCUT2D eigenvalue weighted by molar-refractivity contribution is 7.47. The van der Waals surface area contributed by atoms with E-state index in [1.165, 1.54) is 199 Å². The van der Waals surface area contributed by atoms with Gasteiger partial charge in [0.15, 0.2) is 12.2 Å². The normalized spacial score (nSPS) is 14.1. The number of unbranched alkanes of at least 4 members (excludes halogenated alkanes) is 43. The molecule has 0 saturated heterocycles. The zero-order valence-corrected chi connectivity index (χ0v) is 64.6. The Kier molecular flexibility index (Phi) is 66.2. The lowest BCUT2D eigenvalue weighted by molar-refractivity contribution is -0.161. The van der Waals surface area contributed by atoms with E-state index in [9.17, 15) is 43.2 Å². The summed E-state index contributed by atoms with van der Waals surface area (Å²) >= 11 is 0. The molecule has 2 unspecified atom stereocenters. The van der Waals surface area contributed by atoms with Crippen LogP contribution < -0.4 is 0 Å². The first kappa shape index (κ1) is 94.1. The van der Waals surface area contributed by atoms with Crippen LogP contribution in [0.4, 0.5) is 0 Å². The maximum absolute atomic E-state index is 13.1. The Morgan fingerprint density at radius 3 is 0.708 bits per heavy atom. The molecule has 0 bridgehead atoms. The summed E-state index contributed by atoms with van der Waals surface area (Å²) in [6, 6.07) is 0. The number of esters is 4. The van der Waals surface area contributed by atoms with Gasteiger partial charge >= 0.3 is 39.5 Å². The number of carbonyl (C=O) groups excluding carboxylic acids is 4. The predicted octanol–water partition coefficient (Wildman–Crippen LogP) is 22.6. The molecule has 0 radical (unpaired) electrons. The molecular formula is C77H150O17P2. The molecule has 17 nitrogen and oxygen atoms in total. The molecule has 0 rings (SSSR count). The van der Waals surface area contributed by atoms with E-state index >= 15 is 0 Å². The second kappa shape index (κ2) is 67.5. The second-order valence-electron chi connectivity index (χ2n) is 29.2. The van der Waals surface area contributed by atoms with Gasteiger partial charge in [-0.15, -0.1) is 0 Å². The lowest BCUT2D eigenvalue weighted by Gasteiger charge is -2.21. The zero-order valence-electron chi connectivity index (χ0n) is 62.8. The van der Waals surface area contributed by atoms with Crippen molar-refractivity contribution in [3.63, 3.8) is 0 Å². The van der Waals surface area contributed by atoms with Crippen LogP contribution in [0.1, 0.15) is 395 Å². The Morgan fingerprint density at radius 1 is 0.281 bits per heavy atom. The summed E-state index contributed by atoms with van der Waals surface area (Å²) in [4.78, 5) is 72.5. The molecule has 19 heteroatoms. The Labute approximate surface area is 588 Å². The molecule has 3 N–H and O–H groups in total. The zero-order chi connectivity index (χ0) is 70.9. The van der Waals surface area contributed by atoms with Crippen LogP contribution in [0.5, 0.6) is 0 Å². The van der Waals surface area contributed by atoms with E-state index in [4.69, 9.17) is 37.0 Å². The summed E-state index contributed by atoms with van der Waals surface area (Å²) in [5.41, 5.74) is 0. The monoisotopic (exact) mass is 1410 g/mol. The molecule has 96 heavy (non-hydrogen) atoms. The predicted molar refractivity (Wildman–Crippen MR) is 391 cm³/mol. The van der Waals surface area contributed by atoms with Gasteiger partial charge in [-0.3, -0.25) is 37.3 Å². The van der Waals surface area contributed by atoms with Gasteiger partial charge in [-0.25, -0.2) is 9.13 Å². The van der Waals surface area contributed by atoms with Crippen LogP contribution in [-0.4, -0.2) is 96.7 Å². The van der Waals surface area contributed by atoms with Crippen molar-refractivity contribution in [1.29, 1.82) is 0 Å². The van der Waals surface area contributed by atoms with Gasteiger partial charge in [0.05, 0.1) is 26.4 Å². The Bertz CT molecular complexity index is 1870. The first-order valence-corrected chi connectivity index (χ1v) is 42.8. The fourth-order valence-corrected chi connectivity index (χ4v) is 13.4. The number of hydrogen-bond acceptors (Lipinski definition) is 15. The molecule has 0 aliphatic rings. The topological polar surface area (TPSA) is 237 Å². The number of ether oxygens (including phenoxy) is 4. The second-order valence-corrected chi connectivity index (χ2v) is 32.1. The highest BCUT2D eigenvalue weighted by Gasteiger charge is 2.30. The van der Waals surface area contributed by atoms with Crippen LogP contribution >= 0.6 is 15.6 Å². The van der Waals surface area contributed by atoms with E-state index in [-0.39, 0.29) is 25.7 Å². The van der Waals surface area contributed by atoms with Crippen LogP contribution in [0.25, 0.3) is 0 Å². The third-order valence-electron chi connectivity index (χ3n) is 17.9. The van der Waals surface area contributed by atoms with Crippen molar-refractivity contribution in [2.75, 3.05) is 39.6 Å². The molecule has 0 aromatic heterocycles. The summed E-state index contributed by atoms with van der Waals surface area (Å²) in [6.07, 6.45) is 54.8. The molecule has 0 aromatic rings. The average molecular weight is 1410 g/mol. The average Bonchev–Trinajstić information content (AvgIpc) is 1.11. The van der Waals surface area contributed by atoms with Gasteiger partial charge in [0.1, 0.15) is 19.3 Å². The van der Waals surface area contributed by atoms with E-state index in [0.717, 1.165) is 114 Å².